The summed E-state index contributed by atoms with van der Waals surface area (Å²) in [6, 6.07) is 4.04. The number of likely N-dealkylation sites (tertiary alicyclic amines) is 1. The molecule has 1 aliphatic rings. The van der Waals surface area contributed by atoms with Gasteiger partial charge in [-0.05, 0) is 25.0 Å². The number of nitro groups is 1. The van der Waals surface area contributed by atoms with Crippen LogP contribution in [0.25, 0.3) is 0 Å². The Morgan fingerprint density at radius 1 is 1.48 bits per heavy atom. The summed E-state index contributed by atoms with van der Waals surface area (Å²) in [5, 5.41) is 17.4. The Morgan fingerprint density at radius 2 is 2.30 bits per heavy atom. The number of aromatic amines is 1. The largest absolute Gasteiger partial charge is 0.338 e. The van der Waals surface area contributed by atoms with Gasteiger partial charge in [-0.3, -0.25) is 20.0 Å². The standard InChI is InChI=1S/C14H14ClN5O3/c15-11-6-9(3-4-12(11)20(22)23)14(21)19-5-1-2-10(7-19)13-16-8-17-18-13/h3-4,6,8,10H,1-2,5,7H2,(H,16,17,18). The van der Waals surface area contributed by atoms with Crippen molar-refractivity contribution >= 4 is 23.2 Å². The zero-order chi connectivity index (χ0) is 16.4. The highest BCUT2D eigenvalue weighted by atomic mass is 35.5. The van der Waals surface area contributed by atoms with Gasteiger partial charge in [0, 0.05) is 30.6 Å². The van der Waals surface area contributed by atoms with E-state index in [4.69, 9.17) is 11.6 Å². The Morgan fingerprint density at radius 3 is 2.96 bits per heavy atom. The van der Waals surface area contributed by atoms with Gasteiger partial charge in [-0.25, -0.2) is 4.98 Å². The number of halogens is 1. The van der Waals surface area contributed by atoms with Gasteiger partial charge in [0.15, 0.2) is 0 Å². The molecule has 2 aromatic rings. The highest BCUT2D eigenvalue weighted by Gasteiger charge is 2.27. The molecular formula is C14H14ClN5O3. The first-order chi connectivity index (χ1) is 11.1. The van der Waals surface area contributed by atoms with Crippen LogP contribution in [0.3, 0.4) is 0 Å². The number of rotatable bonds is 3. The van der Waals surface area contributed by atoms with Crippen LogP contribution in [0.5, 0.6) is 0 Å². The maximum absolute atomic E-state index is 12.6. The van der Waals surface area contributed by atoms with Crippen molar-refractivity contribution in [1.82, 2.24) is 20.1 Å². The normalized spacial score (nSPS) is 18.0. The number of hydrogen-bond donors (Lipinski definition) is 1. The maximum atomic E-state index is 12.6. The van der Waals surface area contributed by atoms with E-state index in [1.165, 1.54) is 24.5 Å². The number of nitro benzene ring substituents is 1. The third kappa shape index (κ3) is 3.16. The molecule has 1 unspecified atom stereocenters. The number of carbonyl (C=O) groups is 1. The van der Waals surface area contributed by atoms with Gasteiger partial charge in [-0.1, -0.05) is 11.6 Å². The zero-order valence-corrected chi connectivity index (χ0v) is 12.9. The van der Waals surface area contributed by atoms with Crippen molar-refractivity contribution in [2.24, 2.45) is 0 Å². The second kappa shape index (κ2) is 6.33. The first kappa shape index (κ1) is 15.4. The quantitative estimate of drug-likeness (QED) is 0.684. The second-order valence-corrected chi connectivity index (χ2v) is 5.79. The summed E-state index contributed by atoms with van der Waals surface area (Å²) < 4.78 is 0. The Kier molecular flexibility index (Phi) is 4.24. The molecule has 1 aromatic heterocycles. The molecule has 0 spiro atoms. The Hall–Kier alpha value is -2.48. The second-order valence-electron chi connectivity index (χ2n) is 5.38. The molecular weight excluding hydrogens is 322 g/mol. The number of amides is 1. The molecule has 0 aliphatic carbocycles. The van der Waals surface area contributed by atoms with Crippen LogP contribution in [0.15, 0.2) is 24.5 Å². The minimum Gasteiger partial charge on any atom is -0.338 e. The summed E-state index contributed by atoms with van der Waals surface area (Å²) in [4.78, 5) is 28.7. The fraction of sp³-hybridized carbons (Fsp3) is 0.357. The molecule has 0 bridgehead atoms. The Balaban J connectivity index is 1.77. The number of hydrogen-bond acceptors (Lipinski definition) is 5. The first-order valence-corrected chi connectivity index (χ1v) is 7.52. The summed E-state index contributed by atoms with van der Waals surface area (Å²) in [5.41, 5.74) is 0.139. The van der Waals surface area contributed by atoms with E-state index >= 15 is 0 Å². The number of nitrogens with one attached hydrogen (secondary N) is 1. The van der Waals surface area contributed by atoms with Crippen LogP contribution in [0.1, 0.15) is 34.9 Å². The van der Waals surface area contributed by atoms with E-state index in [1.54, 1.807) is 4.90 Å². The molecule has 0 radical (unpaired) electrons. The lowest BCUT2D eigenvalue weighted by Crippen LogP contribution is -2.39. The number of H-pyrrole nitrogens is 1. The van der Waals surface area contributed by atoms with Crippen molar-refractivity contribution in [1.29, 1.82) is 0 Å². The maximum Gasteiger partial charge on any atom is 0.287 e. The minimum atomic E-state index is -0.572. The highest BCUT2D eigenvalue weighted by Crippen LogP contribution is 2.28. The molecule has 3 rings (SSSR count). The van der Waals surface area contributed by atoms with E-state index in [0.717, 1.165) is 18.7 Å². The van der Waals surface area contributed by atoms with Crippen LogP contribution in [0, 0.1) is 10.1 Å². The van der Waals surface area contributed by atoms with E-state index in [-0.39, 0.29) is 22.5 Å². The van der Waals surface area contributed by atoms with Gasteiger partial charge >= 0.3 is 0 Å². The molecule has 1 aliphatic heterocycles. The number of nitrogens with zero attached hydrogens (tertiary/aromatic N) is 4. The van der Waals surface area contributed by atoms with Gasteiger partial charge in [0.05, 0.1) is 4.92 Å². The lowest BCUT2D eigenvalue weighted by atomic mass is 9.96. The molecule has 1 atom stereocenters. The summed E-state index contributed by atoms with van der Waals surface area (Å²) in [5.74, 6) is 0.693. The van der Waals surface area contributed by atoms with Crippen molar-refractivity contribution in [2.75, 3.05) is 13.1 Å². The third-order valence-electron chi connectivity index (χ3n) is 3.92. The molecule has 0 saturated carbocycles. The lowest BCUT2D eigenvalue weighted by molar-refractivity contribution is -0.384. The number of carbonyl (C=O) groups excluding carboxylic acids is 1. The van der Waals surface area contributed by atoms with Crippen LogP contribution >= 0.6 is 11.6 Å². The molecule has 1 amide bonds. The predicted octanol–water partition coefficient (Wildman–Crippen LogP) is 2.39. The zero-order valence-electron chi connectivity index (χ0n) is 12.1. The predicted molar refractivity (Wildman–Crippen MR) is 82.4 cm³/mol. The Labute approximate surface area is 136 Å². The molecule has 9 heteroatoms. The topological polar surface area (TPSA) is 105 Å². The van der Waals surface area contributed by atoms with Crippen LogP contribution in [0.4, 0.5) is 5.69 Å². The van der Waals surface area contributed by atoms with Gasteiger partial charge in [0.2, 0.25) is 0 Å². The van der Waals surface area contributed by atoms with E-state index in [9.17, 15) is 14.9 Å². The molecule has 120 valence electrons. The van der Waals surface area contributed by atoms with Crippen LogP contribution in [-0.4, -0.2) is 44.0 Å². The lowest BCUT2D eigenvalue weighted by Gasteiger charge is -2.31. The van der Waals surface area contributed by atoms with E-state index < -0.39 is 4.92 Å². The fourth-order valence-electron chi connectivity index (χ4n) is 2.77. The van der Waals surface area contributed by atoms with Gasteiger partial charge in [0.1, 0.15) is 17.2 Å². The SMILES string of the molecule is O=C(c1ccc([N+](=O)[O-])c(Cl)c1)N1CCCC(c2ncn[nH]2)C1. The molecule has 1 fully saturated rings. The van der Waals surface area contributed by atoms with Crippen molar-refractivity contribution in [3.05, 3.63) is 51.1 Å². The van der Waals surface area contributed by atoms with Gasteiger partial charge in [-0.2, -0.15) is 5.10 Å². The molecule has 1 N–H and O–H groups in total. The number of benzene rings is 1. The smallest absolute Gasteiger partial charge is 0.287 e. The molecule has 1 saturated heterocycles. The number of aromatic nitrogens is 3. The minimum absolute atomic E-state index is 0.0374. The fourth-order valence-corrected chi connectivity index (χ4v) is 3.02. The molecule has 2 heterocycles. The third-order valence-corrected chi connectivity index (χ3v) is 4.22. The van der Waals surface area contributed by atoms with E-state index in [0.29, 0.717) is 18.7 Å². The van der Waals surface area contributed by atoms with Gasteiger partial charge in [-0.15, -0.1) is 0 Å². The van der Waals surface area contributed by atoms with Gasteiger partial charge in [0.25, 0.3) is 11.6 Å². The van der Waals surface area contributed by atoms with Crippen LogP contribution < -0.4 is 0 Å². The monoisotopic (exact) mass is 335 g/mol. The van der Waals surface area contributed by atoms with Crippen LogP contribution in [-0.2, 0) is 0 Å². The van der Waals surface area contributed by atoms with Crippen molar-refractivity contribution in [3.8, 4) is 0 Å². The Bertz CT molecular complexity index is 734. The average molecular weight is 336 g/mol. The highest BCUT2D eigenvalue weighted by molar-refractivity contribution is 6.33. The van der Waals surface area contributed by atoms with Crippen molar-refractivity contribution in [3.63, 3.8) is 0 Å². The molecule has 1 aromatic carbocycles. The number of piperidine rings is 1. The molecule has 8 nitrogen and oxygen atoms in total. The summed E-state index contributed by atoms with van der Waals surface area (Å²) >= 11 is 5.88. The average Bonchev–Trinajstić information content (AvgIpc) is 3.08. The van der Waals surface area contributed by atoms with E-state index in [1.807, 2.05) is 0 Å². The van der Waals surface area contributed by atoms with Crippen molar-refractivity contribution < 1.29 is 9.72 Å². The van der Waals surface area contributed by atoms with E-state index in [2.05, 4.69) is 15.2 Å². The van der Waals surface area contributed by atoms with Crippen molar-refractivity contribution in [2.45, 2.75) is 18.8 Å². The van der Waals surface area contributed by atoms with Gasteiger partial charge < -0.3 is 4.90 Å². The molecule has 23 heavy (non-hydrogen) atoms. The summed E-state index contributed by atoms with van der Waals surface area (Å²) in [7, 11) is 0. The summed E-state index contributed by atoms with van der Waals surface area (Å²) in [6.07, 6.45) is 3.24. The summed E-state index contributed by atoms with van der Waals surface area (Å²) in [6.45, 7) is 1.17. The van der Waals surface area contributed by atoms with Crippen LogP contribution in [0.2, 0.25) is 5.02 Å². The first-order valence-electron chi connectivity index (χ1n) is 7.14.